The molecule has 0 aliphatic heterocycles. The standard InChI is InChI=1S/C20H14O3S/c21-24(22)23-20-13-17(14-6-2-1-3-7-14)11-18-10-15-8-4-5-9-16(15)12-19(18)20/h1-13H,(H,21,22). The zero-order valence-corrected chi connectivity index (χ0v) is 13.5. The van der Waals surface area contributed by atoms with E-state index in [2.05, 4.69) is 18.2 Å². The van der Waals surface area contributed by atoms with Crippen LogP contribution in [0.5, 0.6) is 5.75 Å². The van der Waals surface area contributed by atoms with Gasteiger partial charge in [-0.25, -0.2) is 0 Å². The van der Waals surface area contributed by atoms with Crippen LogP contribution in [0.1, 0.15) is 0 Å². The van der Waals surface area contributed by atoms with Gasteiger partial charge in [-0.2, -0.15) is 4.21 Å². The molecule has 0 heterocycles. The summed E-state index contributed by atoms with van der Waals surface area (Å²) in [4.78, 5) is 0. The Bertz CT molecular complexity index is 1060. The van der Waals surface area contributed by atoms with E-state index in [1.807, 2.05) is 54.6 Å². The minimum Gasteiger partial charge on any atom is -0.379 e. The molecule has 0 aromatic heterocycles. The summed E-state index contributed by atoms with van der Waals surface area (Å²) in [6.07, 6.45) is 0. The smallest absolute Gasteiger partial charge is 0.357 e. The van der Waals surface area contributed by atoms with Crippen LogP contribution in [0.25, 0.3) is 32.7 Å². The molecule has 0 spiro atoms. The van der Waals surface area contributed by atoms with E-state index in [1.165, 1.54) is 0 Å². The Kier molecular flexibility index (Phi) is 3.76. The zero-order valence-electron chi connectivity index (χ0n) is 12.7. The lowest BCUT2D eigenvalue weighted by atomic mass is 9.98. The van der Waals surface area contributed by atoms with E-state index in [1.54, 1.807) is 6.07 Å². The maximum atomic E-state index is 11.2. The number of benzene rings is 4. The first-order chi connectivity index (χ1) is 11.7. The summed E-state index contributed by atoms with van der Waals surface area (Å²) in [5, 5.41) is 3.96. The molecule has 1 atom stereocenters. The van der Waals surface area contributed by atoms with E-state index in [0.717, 1.165) is 32.7 Å². The van der Waals surface area contributed by atoms with Gasteiger partial charge in [0.05, 0.1) is 0 Å². The van der Waals surface area contributed by atoms with Crippen LogP contribution in [0.3, 0.4) is 0 Å². The third-order valence-electron chi connectivity index (χ3n) is 4.05. The van der Waals surface area contributed by atoms with Gasteiger partial charge in [0.15, 0.2) is 5.75 Å². The highest BCUT2D eigenvalue weighted by molar-refractivity contribution is 7.74. The van der Waals surface area contributed by atoms with Gasteiger partial charge in [-0.15, -0.1) is 0 Å². The van der Waals surface area contributed by atoms with Crippen LogP contribution in [-0.2, 0) is 11.4 Å². The van der Waals surface area contributed by atoms with Gasteiger partial charge < -0.3 is 4.18 Å². The summed E-state index contributed by atoms with van der Waals surface area (Å²) < 4.78 is 25.6. The highest BCUT2D eigenvalue weighted by atomic mass is 32.2. The van der Waals surface area contributed by atoms with Gasteiger partial charge in [0.25, 0.3) is 0 Å². The maximum Gasteiger partial charge on any atom is 0.357 e. The molecular weight excluding hydrogens is 320 g/mol. The van der Waals surface area contributed by atoms with Gasteiger partial charge >= 0.3 is 11.4 Å². The fourth-order valence-electron chi connectivity index (χ4n) is 2.96. The molecule has 24 heavy (non-hydrogen) atoms. The van der Waals surface area contributed by atoms with E-state index >= 15 is 0 Å². The quantitative estimate of drug-likeness (QED) is 0.415. The van der Waals surface area contributed by atoms with Crippen LogP contribution in [0.4, 0.5) is 0 Å². The third kappa shape index (κ3) is 2.77. The molecule has 0 saturated heterocycles. The molecule has 4 heteroatoms. The van der Waals surface area contributed by atoms with Crippen LogP contribution < -0.4 is 4.18 Å². The highest BCUT2D eigenvalue weighted by Crippen LogP contribution is 2.35. The minimum absolute atomic E-state index is 0.401. The molecular formula is C20H14O3S. The molecule has 0 aliphatic carbocycles. The van der Waals surface area contributed by atoms with Crippen LogP contribution in [0.15, 0.2) is 78.9 Å². The predicted octanol–water partition coefficient (Wildman–Crippen LogP) is 5.18. The second-order valence-corrected chi connectivity index (χ2v) is 6.16. The lowest BCUT2D eigenvalue weighted by Crippen LogP contribution is -1.98. The summed E-state index contributed by atoms with van der Waals surface area (Å²) in [5.41, 5.74) is 1.97. The topological polar surface area (TPSA) is 46.5 Å². The van der Waals surface area contributed by atoms with Crippen molar-refractivity contribution in [3.8, 4) is 16.9 Å². The van der Waals surface area contributed by atoms with Gasteiger partial charge in [0.1, 0.15) is 0 Å². The Balaban J connectivity index is 2.02. The maximum absolute atomic E-state index is 11.2. The summed E-state index contributed by atoms with van der Waals surface area (Å²) in [6, 6.07) is 25.9. The first-order valence-electron chi connectivity index (χ1n) is 7.52. The van der Waals surface area contributed by atoms with Gasteiger partial charge in [0.2, 0.25) is 0 Å². The molecule has 118 valence electrons. The molecule has 0 aliphatic rings. The average molecular weight is 334 g/mol. The highest BCUT2D eigenvalue weighted by Gasteiger charge is 2.10. The van der Waals surface area contributed by atoms with Crippen molar-refractivity contribution in [1.29, 1.82) is 0 Å². The lowest BCUT2D eigenvalue weighted by Gasteiger charge is -2.11. The second-order valence-electron chi connectivity index (χ2n) is 5.56. The Hall–Kier alpha value is -2.69. The summed E-state index contributed by atoms with van der Waals surface area (Å²) in [6.45, 7) is 0. The van der Waals surface area contributed by atoms with Crippen LogP contribution in [0.2, 0.25) is 0 Å². The average Bonchev–Trinajstić information content (AvgIpc) is 2.60. The van der Waals surface area contributed by atoms with E-state index in [0.29, 0.717) is 5.75 Å². The minimum atomic E-state index is -2.37. The SMILES string of the molecule is O=S(O)Oc1cc(-c2ccccc2)cc2cc3ccccc3cc12. The molecule has 4 aromatic rings. The van der Waals surface area contributed by atoms with E-state index < -0.39 is 11.4 Å². The van der Waals surface area contributed by atoms with Gasteiger partial charge in [-0.1, -0.05) is 54.6 Å². The Morgan fingerprint density at radius 1 is 0.708 bits per heavy atom. The van der Waals surface area contributed by atoms with Crippen molar-refractivity contribution in [2.45, 2.75) is 0 Å². The normalized spacial score (nSPS) is 12.4. The van der Waals surface area contributed by atoms with Crippen LogP contribution in [-0.4, -0.2) is 8.76 Å². The van der Waals surface area contributed by atoms with Gasteiger partial charge in [0, 0.05) is 5.39 Å². The molecule has 0 radical (unpaired) electrons. The van der Waals surface area contributed by atoms with E-state index in [-0.39, 0.29) is 0 Å². The molecule has 0 saturated carbocycles. The zero-order chi connectivity index (χ0) is 16.5. The number of fused-ring (bicyclic) bond motifs is 2. The number of hydrogen-bond acceptors (Lipinski definition) is 2. The van der Waals surface area contributed by atoms with Crippen molar-refractivity contribution < 1.29 is 12.9 Å². The van der Waals surface area contributed by atoms with Crippen molar-refractivity contribution in [2.24, 2.45) is 0 Å². The summed E-state index contributed by atoms with van der Waals surface area (Å²) >= 11 is -2.37. The molecule has 0 bridgehead atoms. The monoisotopic (exact) mass is 334 g/mol. The molecule has 1 N–H and O–H groups in total. The van der Waals surface area contributed by atoms with Crippen molar-refractivity contribution in [3.63, 3.8) is 0 Å². The van der Waals surface area contributed by atoms with Gasteiger partial charge in [-0.05, 0) is 51.6 Å². The molecule has 0 fully saturated rings. The summed E-state index contributed by atoms with van der Waals surface area (Å²) in [7, 11) is 0. The van der Waals surface area contributed by atoms with Crippen molar-refractivity contribution in [2.75, 3.05) is 0 Å². The molecule has 3 nitrogen and oxygen atoms in total. The van der Waals surface area contributed by atoms with Crippen molar-refractivity contribution >= 4 is 32.9 Å². The fourth-order valence-corrected chi connectivity index (χ4v) is 3.25. The largest absolute Gasteiger partial charge is 0.379 e. The third-order valence-corrected chi connectivity index (χ3v) is 4.37. The van der Waals surface area contributed by atoms with E-state index in [9.17, 15) is 8.76 Å². The number of rotatable bonds is 3. The Morgan fingerprint density at radius 2 is 1.38 bits per heavy atom. The first kappa shape index (κ1) is 14.9. The first-order valence-corrected chi connectivity index (χ1v) is 8.55. The Labute approximate surface area is 142 Å². The van der Waals surface area contributed by atoms with Crippen LogP contribution >= 0.6 is 0 Å². The van der Waals surface area contributed by atoms with Gasteiger partial charge in [-0.3, -0.25) is 4.55 Å². The molecule has 4 rings (SSSR count). The Morgan fingerprint density at radius 3 is 2.08 bits per heavy atom. The molecule has 0 amide bonds. The van der Waals surface area contributed by atoms with E-state index in [4.69, 9.17) is 4.18 Å². The number of hydrogen-bond donors (Lipinski definition) is 1. The molecule has 4 aromatic carbocycles. The van der Waals surface area contributed by atoms with Crippen molar-refractivity contribution in [1.82, 2.24) is 0 Å². The lowest BCUT2D eigenvalue weighted by molar-refractivity contribution is 0.460. The van der Waals surface area contributed by atoms with Crippen molar-refractivity contribution in [3.05, 3.63) is 78.9 Å². The fraction of sp³-hybridized carbons (Fsp3) is 0. The van der Waals surface area contributed by atoms with Crippen LogP contribution in [0, 0.1) is 0 Å². The molecule has 1 unspecified atom stereocenters. The summed E-state index contributed by atoms with van der Waals surface area (Å²) in [5.74, 6) is 0.401. The second kappa shape index (κ2) is 6.07. The predicted molar refractivity (Wildman–Crippen MR) is 98.3 cm³/mol.